The van der Waals surface area contributed by atoms with Crippen LogP contribution in [0, 0.1) is 13.8 Å². The summed E-state index contributed by atoms with van der Waals surface area (Å²) >= 11 is 0. The minimum absolute atomic E-state index is 0.337. The van der Waals surface area contributed by atoms with Gasteiger partial charge in [0.05, 0.1) is 7.11 Å². The summed E-state index contributed by atoms with van der Waals surface area (Å²) in [5.74, 6) is 1.48. The molecule has 0 amide bonds. The second-order valence-electron chi connectivity index (χ2n) is 4.52. The molecule has 0 atom stereocenters. The maximum Gasteiger partial charge on any atom is 0.204 e. The van der Waals surface area contributed by atoms with Crippen LogP contribution in [-0.4, -0.2) is 24.1 Å². The lowest BCUT2D eigenvalue weighted by molar-refractivity contribution is 0.414. The highest BCUT2D eigenvalue weighted by Crippen LogP contribution is 2.33. The van der Waals surface area contributed by atoms with Gasteiger partial charge in [0.2, 0.25) is 5.75 Å². The topological polar surface area (TPSA) is 64.3 Å². The van der Waals surface area contributed by atoms with Crippen LogP contribution in [0.3, 0.4) is 0 Å². The smallest absolute Gasteiger partial charge is 0.204 e. The largest absolute Gasteiger partial charge is 0.490 e. The highest BCUT2D eigenvalue weighted by Gasteiger charge is 2.15. The van der Waals surface area contributed by atoms with Gasteiger partial charge in [0.1, 0.15) is 6.33 Å². The van der Waals surface area contributed by atoms with E-state index in [-0.39, 0.29) is 0 Å². The summed E-state index contributed by atoms with van der Waals surface area (Å²) in [6, 6.07) is 6.30. The molecule has 19 heavy (non-hydrogen) atoms. The number of rotatable bonds is 3. The van der Waals surface area contributed by atoms with E-state index in [9.17, 15) is 0 Å². The van der Waals surface area contributed by atoms with Gasteiger partial charge in [-0.3, -0.25) is 0 Å². The summed E-state index contributed by atoms with van der Waals surface area (Å²) < 4.78 is 5.29. The molecule has 0 unspecified atom stereocenters. The predicted octanol–water partition coefficient (Wildman–Crippen LogP) is 2.45. The van der Waals surface area contributed by atoms with Crippen molar-refractivity contribution in [3.05, 3.63) is 35.7 Å². The van der Waals surface area contributed by atoms with Crippen molar-refractivity contribution in [1.29, 1.82) is 0 Å². The third-order valence-electron chi connectivity index (χ3n) is 2.93. The lowest BCUT2D eigenvalue weighted by Gasteiger charge is -2.21. The van der Waals surface area contributed by atoms with E-state index in [0.717, 1.165) is 5.69 Å². The number of aromatic nitrogens is 2. The number of aryl methyl sites for hydroxylation is 2. The SMILES string of the molecule is COc1c(N)ncnc1N(C)c1cc(C)cc(C)c1. The molecule has 100 valence electrons. The van der Waals surface area contributed by atoms with Gasteiger partial charge in [-0.2, -0.15) is 0 Å². The molecule has 0 spiro atoms. The second kappa shape index (κ2) is 5.14. The van der Waals surface area contributed by atoms with E-state index in [1.165, 1.54) is 17.5 Å². The quantitative estimate of drug-likeness (QED) is 0.916. The first-order chi connectivity index (χ1) is 9.02. The Hall–Kier alpha value is -2.30. The molecule has 0 saturated heterocycles. The zero-order valence-electron chi connectivity index (χ0n) is 11.6. The Bertz CT molecular complexity index is 578. The van der Waals surface area contributed by atoms with Crippen molar-refractivity contribution in [3.8, 4) is 5.75 Å². The molecule has 0 aliphatic heterocycles. The molecule has 2 N–H and O–H groups in total. The summed E-state index contributed by atoms with van der Waals surface area (Å²) in [7, 11) is 3.49. The molecule has 0 radical (unpaired) electrons. The average Bonchev–Trinajstić information content (AvgIpc) is 2.36. The zero-order chi connectivity index (χ0) is 14.0. The van der Waals surface area contributed by atoms with Crippen LogP contribution in [0.4, 0.5) is 17.3 Å². The number of hydrogen-bond donors (Lipinski definition) is 1. The number of methoxy groups -OCH3 is 1. The normalized spacial score (nSPS) is 10.3. The number of nitrogens with zero attached hydrogens (tertiary/aromatic N) is 3. The van der Waals surface area contributed by atoms with Crippen molar-refractivity contribution < 1.29 is 4.74 Å². The number of ether oxygens (including phenoxy) is 1. The highest BCUT2D eigenvalue weighted by molar-refractivity contribution is 5.70. The molecule has 0 aliphatic carbocycles. The lowest BCUT2D eigenvalue weighted by Crippen LogP contribution is -2.14. The van der Waals surface area contributed by atoms with Crippen molar-refractivity contribution in [3.63, 3.8) is 0 Å². The molecular formula is C14H18N4O. The Morgan fingerprint density at radius 1 is 1.11 bits per heavy atom. The van der Waals surface area contributed by atoms with E-state index in [4.69, 9.17) is 10.5 Å². The first-order valence-electron chi connectivity index (χ1n) is 5.99. The van der Waals surface area contributed by atoms with E-state index < -0.39 is 0 Å². The molecule has 1 aromatic heterocycles. The van der Waals surface area contributed by atoms with Crippen LogP contribution in [0.2, 0.25) is 0 Å². The van der Waals surface area contributed by atoms with Gasteiger partial charge in [-0.25, -0.2) is 9.97 Å². The fraction of sp³-hybridized carbons (Fsp3) is 0.286. The van der Waals surface area contributed by atoms with Crippen LogP contribution in [0.1, 0.15) is 11.1 Å². The maximum absolute atomic E-state index is 5.80. The Balaban J connectivity index is 2.49. The standard InChI is InChI=1S/C14H18N4O/c1-9-5-10(2)7-11(6-9)18(3)14-12(19-4)13(15)16-8-17-14/h5-8H,1-4H3,(H2,15,16,17). The Morgan fingerprint density at radius 2 is 1.74 bits per heavy atom. The Morgan fingerprint density at radius 3 is 2.32 bits per heavy atom. The lowest BCUT2D eigenvalue weighted by atomic mass is 10.1. The summed E-state index contributed by atoms with van der Waals surface area (Å²) in [5.41, 5.74) is 9.23. The van der Waals surface area contributed by atoms with Crippen molar-refractivity contribution >= 4 is 17.3 Å². The van der Waals surface area contributed by atoms with Crippen molar-refractivity contribution in [2.75, 3.05) is 24.8 Å². The molecule has 2 aromatic rings. The summed E-state index contributed by atoms with van der Waals surface area (Å²) in [6.07, 6.45) is 1.44. The van der Waals surface area contributed by atoms with Gasteiger partial charge in [0.15, 0.2) is 11.6 Å². The van der Waals surface area contributed by atoms with E-state index in [1.54, 1.807) is 7.11 Å². The van der Waals surface area contributed by atoms with Crippen LogP contribution in [-0.2, 0) is 0 Å². The number of hydrogen-bond acceptors (Lipinski definition) is 5. The van der Waals surface area contributed by atoms with Gasteiger partial charge in [0, 0.05) is 12.7 Å². The monoisotopic (exact) mass is 258 g/mol. The van der Waals surface area contributed by atoms with Gasteiger partial charge >= 0.3 is 0 Å². The minimum Gasteiger partial charge on any atom is -0.490 e. The molecular weight excluding hydrogens is 240 g/mol. The van der Waals surface area contributed by atoms with E-state index in [0.29, 0.717) is 17.4 Å². The highest BCUT2D eigenvalue weighted by atomic mass is 16.5. The molecule has 1 heterocycles. The van der Waals surface area contributed by atoms with Crippen molar-refractivity contribution in [2.45, 2.75) is 13.8 Å². The zero-order valence-corrected chi connectivity index (χ0v) is 11.6. The fourth-order valence-electron chi connectivity index (χ4n) is 2.08. The maximum atomic E-state index is 5.80. The molecule has 0 aliphatic rings. The molecule has 5 nitrogen and oxygen atoms in total. The second-order valence-corrected chi connectivity index (χ2v) is 4.52. The third-order valence-corrected chi connectivity index (χ3v) is 2.93. The van der Waals surface area contributed by atoms with Gasteiger partial charge < -0.3 is 15.4 Å². The summed E-state index contributed by atoms with van der Waals surface area (Å²) in [4.78, 5) is 10.1. The fourth-order valence-corrected chi connectivity index (χ4v) is 2.08. The summed E-state index contributed by atoms with van der Waals surface area (Å²) in [5, 5.41) is 0. The van der Waals surface area contributed by atoms with Gasteiger partial charge in [-0.15, -0.1) is 0 Å². The van der Waals surface area contributed by atoms with Crippen LogP contribution in [0.5, 0.6) is 5.75 Å². The summed E-state index contributed by atoms with van der Waals surface area (Å²) in [6.45, 7) is 4.13. The van der Waals surface area contributed by atoms with Gasteiger partial charge in [-0.1, -0.05) is 6.07 Å². The third kappa shape index (κ3) is 2.59. The van der Waals surface area contributed by atoms with Crippen molar-refractivity contribution in [1.82, 2.24) is 9.97 Å². The molecule has 0 saturated carbocycles. The molecule has 5 heteroatoms. The number of benzene rings is 1. The average molecular weight is 258 g/mol. The predicted molar refractivity (Wildman–Crippen MR) is 77.0 cm³/mol. The van der Waals surface area contributed by atoms with Gasteiger partial charge in [-0.05, 0) is 37.1 Å². The van der Waals surface area contributed by atoms with E-state index >= 15 is 0 Å². The number of nitrogens with two attached hydrogens (primary N) is 1. The molecule has 2 rings (SSSR count). The van der Waals surface area contributed by atoms with E-state index in [1.807, 2.05) is 11.9 Å². The number of nitrogen functional groups attached to an aromatic ring is 1. The molecule has 0 fully saturated rings. The van der Waals surface area contributed by atoms with Crippen LogP contribution in [0.15, 0.2) is 24.5 Å². The Kier molecular flexibility index (Phi) is 3.55. The van der Waals surface area contributed by atoms with Crippen LogP contribution < -0.4 is 15.4 Å². The minimum atomic E-state index is 0.337. The first-order valence-corrected chi connectivity index (χ1v) is 5.99. The van der Waals surface area contributed by atoms with Crippen LogP contribution in [0.25, 0.3) is 0 Å². The van der Waals surface area contributed by atoms with Crippen LogP contribution >= 0.6 is 0 Å². The van der Waals surface area contributed by atoms with E-state index in [2.05, 4.69) is 42.0 Å². The Labute approximate surface area is 113 Å². The number of anilines is 3. The first kappa shape index (κ1) is 13.1. The van der Waals surface area contributed by atoms with Crippen molar-refractivity contribution in [2.24, 2.45) is 0 Å². The molecule has 1 aromatic carbocycles. The molecule has 0 bridgehead atoms. The van der Waals surface area contributed by atoms with Gasteiger partial charge in [0.25, 0.3) is 0 Å².